The number of rotatable bonds is 7. The third-order valence-corrected chi connectivity index (χ3v) is 6.42. The predicted octanol–water partition coefficient (Wildman–Crippen LogP) is 3.78. The summed E-state index contributed by atoms with van der Waals surface area (Å²) < 4.78 is 0. The van der Waals surface area contributed by atoms with E-state index < -0.39 is 0 Å². The van der Waals surface area contributed by atoms with Crippen molar-refractivity contribution < 1.29 is 4.79 Å². The van der Waals surface area contributed by atoms with Gasteiger partial charge in [-0.2, -0.15) is 0 Å². The van der Waals surface area contributed by atoms with Gasteiger partial charge < -0.3 is 15.5 Å². The molecule has 2 N–H and O–H groups in total. The highest BCUT2D eigenvalue weighted by molar-refractivity contribution is 14.0. The summed E-state index contributed by atoms with van der Waals surface area (Å²) in [7, 11) is 5.45. The van der Waals surface area contributed by atoms with Crippen molar-refractivity contribution >= 4 is 47.2 Å². The van der Waals surface area contributed by atoms with Gasteiger partial charge in [0, 0.05) is 51.6 Å². The summed E-state index contributed by atoms with van der Waals surface area (Å²) in [4.78, 5) is 23.5. The van der Waals surface area contributed by atoms with Crippen LogP contribution >= 0.6 is 35.3 Å². The normalized spacial score (nSPS) is 15.4. The monoisotopic (exact) mass is 541 g/mol. The van der Waals surface area contributed by atoms with E-state index >= 15 is 0 Å². The molecule has 1 aliphatic carbocycles. The number of hydrogen-bond donors (Lipinski definition) is 2. The lowest BCUT2D eigenvalue weighted by molar-refractivity contribution is -0.138. The molecular formula is C22H32IN5OS. The van der Waals surface area contributed by atoms with Crippen LogP contribution in [-0.2, 0) is 11.2 Å². The van der Waals surface area contributed by atoms with E-state index in [-0.39, 0.29) is 35.3 Å². The van der Waals surface area contributed by atoms with Gasteiger partial charge in [-0.1, -0.05) is 43.2 Å². The van der Waals surface area contributed by atoms with Gasteiger partial charge >= 0.3 is 0 Å². The summed E-state index contributed by atoms with van der Waals surface area (Å²) in [5.74, 6) is 0.954. The molecule has 2 aromatic rings. The average Bonchev–Trinajstić information content (AvgIpc) is 3.41. The molecule has 0 radical (unpaired) electrons. The molecular weight excluding hydrogens is 509 g/mol. The van der Waals surface area contributed by atoms with Crippen LogP contribution in [0, 0.1) is 5.41 Å². The molecule has 0 saturated heterocycles. The molecule has 1 fully saturated rings. The van der Waals surface area contributed by atoms with Crippen molar-refractivity contribution in [3.8, 4) is 10.6 Å². The second-order valence-electron chi connectivity index (χ2n) is 7.80. The zero-order chi connectivity index (χ0) is 20.7. The van der Waals surface area contributed by atoms with Crippen LogP contribution in [0.2, 0.25) is 0 Å². The van der Waals surface area contributed by atoms with Gasteiger partial charge in [-0.05, 0) is 12.8 Å². The van der Waals surface area contributed by atoms with Crippen LogP contribution in [0.4, 0.5) is 0 Å². The van der Waals surface area contributed by atoms with Gasteiger partial charge in [0.25, 0.3) is 0 Å². The predicted molar refractivity (Wildman–Crippen MR) is 136 cm³/mol. The number of guanidine groups is 1. The maximum Gasteiger partial charge on any atom is 0.230 e. The van der Waals surface area contributed by atoms with E-state index in [1.807, 2.05) is 32.3 Å². The molecule has 1 aromatic heterocycles. The van der Waals surface area contributed by atoms with Crippen molar-refractivity contribution in [2.24, 2.45) is 10.4 Å². The van der Waals surface area contributed by atoms with E-state index in [1.165, 1.54) is 0 Å². The zero-order valence-corrected chi connectivity index (χ0v) is 21.1. The largest absolute Gasteiger partial charge is 0.356 e. The number of aliphatic imine (C=N–C) groups is 1. The van der Waals surface area contributed by atoms with E-state index in [0.29, 0.717) is 6.54 Å². The third-order valence-electron chi connectivity index (χ3n) is 5.48. The average molecular weight is 542 g/mol. The lowest BCUT2D eigenvalue weighted by Crippen LogP contribution is -2.49. The van der Waals surface area contributed by atoms with Gasteiger partial charge in [-0.25, -0.2) is 4.98 Å². The molecule has 164 valence electrons. The van der Waals surface area contributed by atoms with Crippen LogP contribution in [0.15, 0.2) is 40.7 Å². The summed E-state index contributed by atoms with van der Waals surface area (Å²) in [6.07, 6.45) is 4.93. The number of carbonyl (C=O) groups excluding carboxylic acids is 1. The van der Waals surface area contributed by atoms with E-state index in [2.05, 4.69) is 33.1 Å². The number of nitrogens with one attached hydrogen (secondary N) is 2. The number of halogens is 1. The minimum atomic E-state index is -0.305. The Kier molecular flexibility index (Phi) is 9.54. The highest BCUT2D eigenvalue weighted by atomic mass is 127. The lowest BCUT2D eigenvalue weighted by Gasteiger charge is -2.31. The quantitative estimate of drug-likeness (QED) is 0.318. The molecule has 0 spiro atoms. The van der Waals surface area contributed by atoms with E-state index in [1.54, 1.807) is 23.3 Å². The molecule has 6 nitrogen and oxygen atoms in total. The molecule has 0 aliphatic heterocycles. The maximum atomic E-state index is 12.7. The van der Waals surface area contributed by atoms with Gasteiger partial charge in [0.2, 0.25) is 5.91 Å². The van der Waals surface area contributed by atoms with Crippen molar-refractivity contribution in [1.29, 1.82) is 0 Å². The lowest BCUT2D eigenvalue weighted by atomic mass is 9.84. The van der Waals surface area contributed by atoms with Gasteiger partial charge in [-0.15, -0.1) is 35.3 Å². The van der Waals surface area contributed by atoms with Gasteiger partial charge in [0.05, 0.1) is 11.1 Å². The van der Waals surface area contributed by atoms with Crippen LogP contribution in [0.5, 0.6) is 0 Å². The first-order valence-electron chi connectivity index (χ1n) is 10.2. The van der Waals surface area contributed by atoms with Crippen molar-refractivity contribution in [3.05, 3.63) is 41.4 Å². The van der Waals surface area contributed by atoms with E-state index in [0.717, 1.165) is 60.9 Å². The second-order valence-corrected chi connectivity index (χ2v) is 8.66. The second kappa shape index (κ2) is 11.6. The Morgan fingerprint density at radius 2 is 1.90 bits per heavy atom. The molecule has 1 aromatic carbocycles. The number of aromatic nitrogens is 1. The van der Waals surface area contributed by atoms with Crippen LogP contribution in [-0.4, -0.2) is 56.0 Å². The van der Waals surface area contributed by atoms with E-state index in [9.17, 15) is 4.79 Å². The highest BCUT2D eigenvalue weighted by Crippen LogP contribution is 2.38. The molecule has 3 rings (SSSR count). The molecule has 1 amide bonds. The van der Waals surface area contributed by atoms with Crippen LogP contribution in [0.3, 0.4) is 0 Å². The van der Waals surface area contributed by atoms with Crippen LogP contribution in [0.25, 0.3) is 10.6 Å². The summed E-state index contributed by atoms with van der Waals surface area (Å²) in [6.45, 7) is 1.37. The molecule has 0 unspecified atom stereocenters. The summed E-state index contributed by atoms with van der Waals surface area (Å²) in [5, 5.41) is 9.90. The van der Waals surface area contributed by atoms with Crippen LogP contribution in [0.1, 0.15) is 31.4 Å². The fourth-order valence-electron chi connectivity index (χ4n) is 3.91. The topological polar surface area (TPSA) is 69.6 Å². The maximum absolute atomic E-state index is 12.7. The van der Waals surface area contributed by atoms with Crippen molar-refractivity contribution in [2.75, 3.05) is 34.2 Å². The molecule has 0 atom stereocenters. The Morgan fingerprint density at radius 1 is 1.20 bits per heavy atom. The number of amides is 1. The van der Waals surface area contributed by atoms with Crippen molar-refractivity contribution in [3.63, 3.8) is 0 Å². The fraction of sp³-hybridized carbons (Fsp3) is 0.500. The summed E-state index contributed by atoms with van der Waals surface area (Å²) >= 11 is 1.67. The Morgan fingerprint density at radius 3 is 2.53 bits per heavy atom. The molecule has 0 bridgehead atoms. The minimum absolute atomic E-state index is 0. The minimum Gasteiger partial charge on any atom is -0.356 e. The Balaban J connectivity index is 0.00000320. The standard InChI is InChI=1S/C22H31N5OS.HI/c1-23-21(25-16-22(12-7-8-13-22)20(28)27(2)3)24-14-11-18-15-29-19(26-18)17-9-5-4-6-10-17;/h4-6,9-10,15H,7-8,11-14,16H2,1-3H3,(H2,23,24,25);1H. The van der Waals surface area contributed by atoms with Gasteiger partial charge in [-0.3, -0.25) is 9.79 Å². The summed E-state index contributed by atoms with van der Waals surface area (Å²) in [5.41, 5.74) is 1.93. The molecule has 8 heteroatoms. The fourth-order valence-corrected chi connectivity index (χ4v) is 4.77. The third kappa shape index (κ3) is 6.16. The summed E-state index contributed by atoms with van der Waals surface area (Å²) in [6, 6.07) is 10.3. The number of hydrogen-bond acceptors (Lipinski definition) is 4. The Labute approximate surface area is 200 Å². The highest BCUT2D eigenvalue weighted by Gasteiger charge is 2.42. The first-order valence-corrected chi connectivity index (χ1v) is 11.1. The molecule has 1 heterocycles. The van der Waals surface area contributed by atoms with Gasteiger partial charge in [0.1, 0.15) is 5.01 Å². The Hall–Kier alpha value is -1.68. The first-order chi connectivity index (χ1) is 14.0. The number of carbonyl (C=O) groups is 1. The van der Waals surface area contributed by atoms with Crippen molar-refractivity contribution in [2.45, 2.75) is 32.1 Å². The van der Waals surface area contributed by atoms with E-state index in [4.69, 9.17) is 4.98 Å². The zero-order valence-electron chi connectivity index (χ0n) is 18.0. The number of benzene rings is 1. The molecule has 30 heavy (non-hydrogen) atoms. The van der Waals surface area contributed by atoms with Gasteiger partial charge in [0.15, 0.2) is 5.96 Å². The SMILES string of the molecule is CN=C(NCCc1csc(-c2ccccc2)n1)NCC1(C(=O)N(C)C)CCCC1.I. The number of thiazole rings is 1. The number of nitrogens with zero attached hydrogens (tertiary/aromatic N) is 3. The first kappa shape index (κ1) is 24.6. The smallest absolute Gasteiger partial charge is 0.230 e. The molecule has 1 saturated carbocycles. The Bertz CT molecular complexity index is 831. The van der Waals surface area contributed by atoms with Crippen molar-refractivity contribution in [1.82, 2.24) is 20.5 Å². The molecule has 1 aliphatic rings. The van der Waals surface area contributed by atoms with Crippen LogP contribution < -0.4 is 10.6 Å².